The van der Waals surface area contributed by atoms with Crippen LogP contribution in [0.5, 0.6) is 0 Å². The normalized spacial score (nSPS) is 12.1. The highest BCUT2D eigenvalue weighted by Crippen LogP contribution is 2.42. The topological polar surface area (TPSA) is 56.5 Å². The highest BCUT2D eigenvalue weighted by atomic mass is 19.4. The summed E-state index contributed by atoms with van der Waals surface area (Å²) < 4.78 is 86.2. The van der Waals surface area contributed by atoms with Gasteiger partial charge < -0.3 is 4.57 Å². The van der Waals surface area contributed by atoms with Crippen LogP contribution >= 0.6 is 0 Å². The molecule has 3 aromatic heterocycles. The first-order chi connectivity index (χ1) is 24.5. The number of pyridine rings is 1. The maximum Gasteiger partial charge on any atom is 0.416 e. The minimum atomic E-state index is -4.70. The van der Waals surface area contributed by atoms with Crippen molar-refractivity contribution in [1.82, 2.24) is 24.5 Å². The molecule has 0 N–H and O–H groups in total. The fourth-order valence-electron chi connectivity index (χ4n) is 6.19. The van der Waals surface area contributed by atoms with E-state index in [9.17, 15) is 26.3 Å². The van der Waals surface area contributed by atoms with Crippen LogP contribution < -0.4 is 0 Å². The van der Waals surface area contributed by atoms with Gasteiger partial charge in [-0.25, -0.2) is 15.0 Å². The van der Waals surface area contributed by atoms with E-state index in [1.807, 2.05) is 60.7 Å². The molecule has 5 nitrogen and oxygen atoms in total. The van der Waals surface area contributed by atoms with Crippen LogP contribution in [0.25, 0.3) is 72.8 Å². The van der Waals surface area contributed by atoms with Crippen LogP contribution in [-0.2, 0) is 12.4 Å². The van der Waals surface area contributed by atoms with E-state index in [1.54, 1.807) is 42.7 Å². The summed E-state index contributed by atoms with van der Waals surface area (Å²) in [5.41, 5.74) is 1.73. The highest BCUT2D eigenvalue weighted by Gasteiger charge is 2.33. The van der Waals surface area contributed by atoms with Crippen molar-refractivity contribution in [3.8, 4) is 51.0 Å². The van der Waals surface area contributed by atoms with Gasteiger partial charge in [0.25, 0.3) is 0 Å². The summed E-state index contributed by atoms with van der Waals surface area (Å²) >= 11 is 0. The van der Waals surface area contributed by atoms with Crippen molar-refractivity contribution in [1.29, 1.82) is 0 Å². The second-order valence-electron chi connectivity index (χ2n) is 11.8. The molecule has 3 heterocycles. The van der Waals surface area contributed by atoms with Crippen molar-refractivity contribution in [2.24, 2.45) is 0 Å². The van der Waals surface area contributed by atoms with Gasteiger partial charge in [0.1, 0.15) is 0 Å². The molecule has 0 bridgehead atoms. The predicted octanol–water partition coefficient (Wildman–Crippen LogP) is 11.1. The van der Waals surface area contributed by atoms with Gasteiger partial charge in [0.05, 0.1) is 27.8 Å². The van der Waals surface area contributed by atoms with Crippen LogP contribution in [0.2, 0.25) is 0 Å². The number of alkyl halides is 6. The Balaban J connectivity index is 1.49. The van der Waals surface area contributed by atoms with Crippen LogP contribution in [-0.4, -0.2) is 24.5 Å². The minimum absolute atomic E-state index is 0.0673. The van der Waals surface area contributed by atoms with Gasteiger partial charge >= 0.3 is 12.4 Å². The number of aromatic nitrogens is 5. The molecular weight excluding hydrogens is 664 g/mol. The third-order valence-electron chi connectivity index (χ3n) is 8.61. The van der Waals surface area contributed by atoms with Gasteiger partial charge in [-0.3, -0.25) is 4.98 Å². The molecule has 0 spiro atoms. The van der Waals surface area contributed by atoms with Gasteiger partial charge in [-0.15, -0.1) is 0 Å². The molecule has 0 atom stereocenters. The summed E-state index contributed by atoms with van der Waals surface area (Å²) in [6.45, 7) is 0. The largest absolute Gasteiger partial charge is 0.416 e. The van der Waals surface area contributed by atoms with Crippen LogP contribution in [0.1, 0.15) is 11.1 Å². The number of halogens is 6. The lowest BCUT2D eigenvalue weighted by molar-refractivity contribution is -0.138. The molecule has 0 aliphatic rings. The van der Waals surface area contributed by atoms with Gasteiger partial charge in [0, 0.05) is 39.9 Å². The molecule has 51 heavy (non-hydrogen) atoms. The zero-order chi connectivity index (χ0) is 35.3. The molecule has 0 aliphatic carbocycles. The molecule has 0 fully saturated rings. The Morgan fingerprint density at radius 1 is 0.431 bits per heavy atom. The van der Waals surface area contributed by atoms with Crippen molar-refractivity contribution >= 4 is 21.8 Å². The quantitative estimate of drug-likeness (QED) is 0.169. The first kappa shape index (κ1) is 31.9. The van der Waals surface area contributed by atoms with E-state index in [2.05, 4.69) is 4.98 Å². The minimum Gasteiger partial charge on any atom is -0.308 e. The molecule has 0 aliphatic heterocycles. The Labute approximate surface area is 286 Å². The molecule has 0 saturated heterocycles. The number of hydrogen-bond acceptors (Lipinski definition) is 4. The van der Waals surface area contributed by atoms with Crippen molar-refractivity contribution in [2.75, 3.05) is 0 Å². The molecule has 0 unspecified atom stereocenters. The molecule has 11 heteroatoms. The maximum absolute atomic E-state index is 14.1. The van der Waals surface area contributed by atoms with Crippen molar-refractivity contribution in [3.63, 3.8) is 0 Å². The maximum atomic E-state index is 14.1. The Morgan fingerprint density at radius 2 is 0.922 bits per heavy atom. The number of nitrogens with zero attached hydrogens (tertiary/aromatic N) is 5. The van der Waals surface area contributed by atoms with Crippen molar-refractivity contribution < 1.29 is 26.3 Å². The fourth-order valence-corrected chi connectivity index (χ4v) is 6.19. The van der Waals surface area contributed by atoms with Gasteiger partial charge in [-0.1, -0.05) is 78.9 Å². The summed E-state index contributed by atoms with van der Waals surface area (Å²) in [6, 6.07) is 33.6. The molecule has 8 rings (SSSR count). The first-order valence-electron chi connectivity index (χ1n) is 15.7. The van der Waals surface area contributed by atoms with Crippen LogP contribution in [0.3, 0.4) is 0 Å². The first-order valence-corrected chi connectivity index (χ1v) is 15.7. The summed E-state index contributed by atoms with van der Waals surface area (Å²) in [5, 5.41) is 0.697. The monoisotopic (exact) mass is 687 g/mol. The van der Waals surface area contributed by atoms with E-state index in [0.717, 1.165) is 29.8 Å². The lowest BCUT2D eigenvalue weighted by atomic mass is 10.0. The van der Waals surface area contributed by atoms with E-state index >= 15 is 0 Å². The van der Waals surface area contributed by atoms with Crippen LogP contribution in [0, 0.1) is 0 Å². The fraction of sp³-hybridized carbons (Fsp3) is 0.0500. The van der Waals surface area contributed by atoms with Crippen LogP contribution in [0.15, 0.2) is 140 Å². The van der Waals surface area contributed by atoms with Gasteiger partial charge in [-0.2, -0.15) is 26.3 Å². The van der Waals surface area contributed by atoms with E-state index < -0.39 is 23.5 Å². The Morgan fingerprint density at radius 3 is 1.41 bits per heavy atom. The Hall–Kier alpha value is -6.36. The lowest BCUT2D eigenvalue weighted by Gasteiger charge is -2.17. The summed E-state index contributed by atoms with van der Waals surface area (Å²) in [4.78, 5) is 18.6. The lowest BCUT2D eigenvalue weighted by Crippen LogP contribution is -2.07. The molecule has 0 saturated carbocycles. The van der Waals surface area contributed by atoms with Crippen molar-refractivity contribution in [3.05, 3.63) is 151 Å². The van der Waals surface area contributed by atoms with Gasteiger partial charge in [-0.05, 0) is 59.7 Å². The SMILES string of the molecule is FC(F)(F)c1ccc2c3ccc(C(F)(F)F)cc3n(-c3ccc(-c4ccncc4)cc3-c3nc(-c4ccccc4)nc(-c4ccccc4)n3)c2c1. The smallest absolute Gasteiger partial charge is 0.308 e. The van der Waals surface area contributed by atoms with Gasteiger partial charge in [0.2, 0.25) is 0 Å². The van der Waals surface area contributed by atoms with E-state index in [-0.39, 0.29) is 22.5 Å². The highest BCUT2D eigenvalue weighted by molar-refractivity contribution is 6.10. The third kappa shape index (κ3) is 5.96. The zero-order valence-electron chi connectivity index (χ0n) is 26.3. The third-order valence-corrected chi connectivity index (χ3v) is 8.61. The summed E-state index contributed by atoms with van der Waals surface area (Å²) in [7, 11) is 0. The summed E-state index contributed by atoms with van der Waals surface area (Å²) in [5.74, 6) is 0.837. The van der Waals surface area contributed by atoms with Gasteiger partial charge in [0.15, 0.2) is 17.5 Å². The molecule has 0 radical (unpaired) electrons. The Bertz CT molecular complexity index is 2420. The predicted molar refractivity (Wildman–Crippen MR) is 184 cm³/mol. The molecule has 250 valence electrons. The van der Waals surface area contributed by atoms with Crippen LogP contribution in [0.4, 0.5) is 26.3 Å². The molecule has 8 aromatic rings. The summed E-state index contributed by atoms with van der Waals surface area (Å²) in [6.07, 6.45) is -6.16. The standard InChI is InChI=1S/C40H23F6N5/c41-39(42,43)28-12-14-30-31-15-13-29(40(44,45)46)23-35(31)51(34(30)22-28)33-16-11-27(24-17-19-47-20-18-24)21-32(33)38-49-36(25-7-3-1-4-8-25)48-37(50-38)26-9-5-2-6-10-26/h1-23H. The van der Waals surface area contributed by atoms with Crippen molar-refractivity contribution in [2.45, 2.75) is 12.4 Å². The molecule has 0 amide bonds. The zero-order valence-corrected chi connectivity index (χ0v) is 26.3. The van der Waals surface area contributed by atoms with E-state index in [0.29, 0.717) is 44.7 Å². The average molecular weight is 688 g/mol. The number of hydrogen-bond donors (Lipinski definition) is 0. The average Bonchev–Trinajstić information content (AvgIpc) is 3.48. The number of benzene rings is 5. The van der Waals surface area contributed by atoms with E-state index in [1.165, 1.54) is 16.7 Å². The molecular formula is C40H23F6N5. The van der Waals surface area contributed by atoms with E-state index in [4.69, 9.17) is 15.0 Å². The second kappa shape index (κ2) is 12.2. The Kier molecular flexibility index (Phi) is 7.63. The second-order valence-corrected chi connectivity index (χ2v) is 11.8. The number of rotatable bonds is 5. The number of fused-ring (bicyclic) bond motifs is 3. The molecule has 5 aromatic carbocycles.